The predicted octanol–water partition coefficient (Wildman–Crippen LogP) is 4.53. The van der Waals surface area contributed by atoms with Crippen molar-refractivity contribution in [2.75, 3.05) is 0 Å². The molecule has 2 atom stereocenters. The molecule has 1 heteroatoms. The van der Waals surface area contributed by atoms with Crippen molar-refractivity contribution in [3.05, 3.63) is 0 Å². The molecule has 0 unspecified atom stereocenters. The quantitative estimate of drug-likeness (QED) is 0.577. The molecule has 0 saturated carbocycles. The molecule has 1 heterocycles. The fourth-order valence-corrected chi connectivity index (χ4v) is 3.84. The van der Waals surface area contributed by atoms with E-state index in [1.807, 2.05) is 13.8 Å². The Balaban J connectivity index is 0.000000671. The number of hydrogen-bond donors (Lipinski definition) is 0. The van der Waals surface area contributed by atoms with Gasteiger partial charge in [-0.1, -0.05) is 41.5 Å². The average molecular weight is 202 g/mol. The van der Waals surface area contributed by atoms with Crippen LogP contribution in [0.5, 0.6) is 0 Å². The molecule has 1 aliphatic rings. The van der Waals surface area contributed by atoms with Gasteiger partial charge in [0.15, 0.2) is 0 Å². The highest BCUT2D eigenvalue weighted by Gasteiger charge is 2.27. The average Bonchev–Trinajstić information content (AvgIpc) is 2.56. The third kappa shape index (κ3) is 4.45. The van der Waals surface area contributed by atoms with Crippen LogP contribution in [0, 0.1) is 11.8 Å². The molecule has 1 aliphatic heterocycles. The molecule has 1 saturated heterocycles. The van der Waals surface area contributed by atoms with Crippen molar-refractivity contribution in [1.82, 2.24) is 0 Å². The van der Waals surface area contributed by atoms with Crippen LogP contribution in [0.2, 0.25) is 0 Å². The largest absolute Gasteiger partial charge is 0.115 e. The molecule has 0 radical (unpaired) electrons. The Morgan fingerprint density at radius 3 is 1.31 bits per heavy atom. The lowest BCUT2D eigenvalue weighted by atomic mass is 10.0. The Morgan fingerprint density at radius 2 is 1.15 bits per heavy atom. The zero-order valence-electron chi connectivity index (χ0n) is 10.2. The third-order valence-electron chi connectivity index (χ3n) is 2.83. The minimum Gasteiger partial charge on any atom is -0.115 e. The van der Waals surface area contributed by atoms with Crippen molar-refractivity contribution in [3.8, 4) is 0 Å². The van der Waals surface area contributed by atoms with E-state index in [0.717, 1.165) is 23.2 Å². The van der Waals surface area contributed by atoms with Gasteiger partial charge in [-0.05, 0) is 36.0 Å². The number of hydrogen-bond acceptors (Lipinski definition) is 0. The topological polar surface area (TPSA) is 0 Å². The Labute approximate surface area is 86.7 Å². The van der Waals surface area contributed by atoms with E-state index < -0.39 is 0 Å². The van der Waals surface area contributed by atoms with Gasteiger partial charge in [0.25, 0.3) is 0 Å². The van der Waals surface area contributed by atoms with Gasteiger partial charge in [0.2, 0.25) is 0 Å². The molecule has 80 valence electrons. The van der Waals surface area contributed by atoms with Crippen LogP contribution in [0.4, 0.5) is 0 Å². The van der Waals surface area contributed by atoms with E-state index in [1.54, 1.807) is 0 Å². The van der Waals surface area contributed by atoms with Crippen LogP contribution >= 0.6 is 8.58 Å². The van der Waals surface area contributed by atoms with Crippen LogP contribution in [-0.2, 0) is 0 Å². The maximum Gasteiger partial charge on any atom is -0.0211 e. The molecule has 0 spiro atoms. The van der Waals surface area contributed by atoms with Gasteiger partial charge in [0.1, 0.15) is 0 Å². The van der Waals surface area contributed by atoms with Gasteiger partial charge >= 0.3 is 0 Å². The first-order valence-electron chi connectivity index (χ1n) is 5.87. The highest BCUT2D eigenvalue weighted by molar-refractivity contribution is 7.40. The van der Waals surface area contributed by atoms with Crippen LogP contribution < -0.4 is 0 Å². The van der Waals surface area contributed by atoms with Crippen molar-refractivity contribution in [2.24, 2.45) is 11.8 Å². The molecule has 1 rings (SSSR count). The third-order valence-corrected chi connectivity index (χ3v) is 5.59. The summed E-state index contributed by atoms with van der Waals surface area (Å²) in [5.41, 5.74) is 2.12. The minimum absolute atomic E-state index is 0.928. The van der Waals surface area contributed by atoms with E-state index in [1.165, 1.54) is 21.4 Å². The monoisotopic (exact) mass is 202 g/mol. The molecular weight excluding hydrogens is 175 g/mol. The van der Waals surface area contributed by atoms with Gasteiger partial charge in [0, 0.05) is 0 Å². The Hall–Kier alpha value is 0.430. The normalized spacial score (nSPS) is 27.7. The first-order valence-corrected chi connectivity index (χ1v) is 7.02. The molecule has 0 amide bonds. The summed E-state index contributed by atoms with van der Waals surface area (Å²) in [7, 11) is 1.25. The van der Waals surface area contributed by atoms with Crippen molar-refractivity contribution in [2.45, 2.75) is 65.7 Å². The van der Waals surface area contributed by atoms with Crippen molar-refractivity contribution in [3.63, 3.8) is 0 Å². The van der Waals surface area contributed by atoms with Crippen LogP contribution in [0.3, 0.4) is 0 Å². The molecule has 0 aliphatic carbocycles. The van der Waals surface area contributed by atoms with Crippen LogP contribution in [0.25, 0.3) is 0 Å². The van der Waals surface area contributed by atoms with Crippen molar-refractivity contribution >= 4 is 8.58 Å². The summed E-state index contributed by atoms with van der Waals surface area (Å²) in [6, 6.07) is 0. The molecule has 0 bridgehead atoms. The summed E-state index contributed by atoms with van der Waals surface area (Å²) in [6.07, 6.45) is 3.00. The Bertz CT molecular complexity index is 104. The molecule has 0 aromatic heterocycles. The van der Waals surface area contributed by atoms with Crippen molar-refractivity contribution in [1.29, 1.82) is 0 Å². The predicted molar refractivity (Wildman–Crippen MR) is 66.1 cm³/mol. The summed E-state index contributed by atoms with van der Waals surface area (Å²) in [5, 5.41) is 0. The van der Waals surface area contributed by atoms with E-state index in [9.17, 15) is 0 Å². The van der Waals surface area contributed by atoms with Gasteiger partial charge in [-0.15, -0.1) is 8.58 Å². The van der Waals surface area contributed by atoms with Gasteiger partial charge in [0.05, 0.1) is 0 Å². The van der Waals surface area contributed by atoms with Crippen LogP contribution in [-0.4, -0.2) is 11.3 Å². The molecule has 1 fully saturated rings. The van der Waals surface area contributed by atoms with Gasteiger partial charge in [-0.3, -0.25) is 0 Å². The minimum atomic E-state index is 0.928. The summed E-state index contributed by atoms with van der Waals surface area (Å²) in [4.78, 5) is 0. The molecule has 0 N–H and O–H groups in total. The zero-order chi connectivity index (χ0) is 10.4. The first kappa shape index (κ1) is 13.4. The molecule has 13 heavy (non-hydrogen) atoms. The van der Waals surface area contributed by atoms with Gasteiger partial charge in [-0.25, -0.2) is 0 Å². The van der Waals surface area contributed by atoms with Gasteiger partial charge < -0.3 is 0 Å². The summed E-state index contributed by atoms with van der Waals surface area (Å²) >= 11 is 0. The SMILES string of the molecule is CC.CC(C)[C@@H]1CC[C@@H](C(C)C)P1. The molecular formula is C12H27P. The lowest BCUT2D eigenvalue weighted by Gasteiger charge is -2.17. The van der Waals surface area contributed by atoms with E-state index in [4.69, 9.17) is 0 Å². The van der Waals surface area contributed by atoms with Crippen LogP contribution in [0.15, 0.2) is 0 Å². The standard InChI is InChI=1S/C10H21P.C2H6/c1-7(2)9-5-6-10(11-9)8(3)4;1-2/h7-11H,5-6H2,1-4H3;1-2H3/t9-,10-;/m0./s1. The fraction of sp³-hybridized carbons (Fsp3) is 1.00. The van der Waals surface area contributed by atoms with E-state index >= 15 is 0 Å². The maximum atomic E-state index is 2.38. The van der Waals surface area contributed by atoms with Gasteiger partial charge in [-0.2, -0.15) is 0 Å². The second-order valence-corrected chi connectivity index (χ2v) is 6.26. The molecule has 0 aromatic carbocycles. The lowest BCUT2D eigenvalue weighted by Crippen LogP contribution is -2.06. The smallest absolute Gasteiger partial charge is 0.0211 e. The molecule has 0 aromatic rings. The number of rotatable bonds is 2. The Kier molecular flexibility index (Phi) is 7.05. The second-order valence-electron chi connectivity index (χ2n) is 4.45. The Morgan fingerprint density at radius 1 is 0.846 bits per heavy atom. The second kappa shape index (κ2) is 6.82. The van der Waals surface area contributed by atoms with E-state index in [2.05, 4.69) is 27.7 Å². The molecule has 0 nitrogen and oxygen atoms in total. The van der Waals surface area contributed by atoms with E-state index in [-0.39, 0.29) is 0 Å². The van der Waals surface area contributed by atoms with Crippen molar-refractivity contribution < 1.29 is 0 Å². The first-order chi connectivity index (χ1) is 6.11. The highest BCUT2D eigenvalue weighted by Crippen LogP contribution is 2.46. The fourth-order valence-electron chi connectivity index (χ4n) is 1.85. The van der Waals surface area contributed by atoms with Crippen LogP contribution in [0.1, 0.15) is 54.4 Å². The summed E-state index contributed by atoms with van der Waals surface area (Å²) < 4.78 is 0. The lowest BCUT2D eigenvalue weighted by molar-refractivity contribution is 0.543. The zero-order valence-corrected chi connectivity index (χ0v) is 11.2. The highest BCUT2D eigenvalue weighted by atomic mass is 31.1. The van der Waals surface area contributed by atoms with E-state index in [0.29, 0.717) is 0 Å². The summed E-state index contributed by atoms with van der Waals surface area (Å²) in [6.45, 7) is 13.5. The maximum absolute atomic E-state index is 2.38. The summed E-state index contributed by atoms with van der Waals surface area (Å²) in [5.74, 6) is 1.86.